The molecular formula is C23H24N8O. The quantitative estimate of drug-likeness (QED) is 0.497. The first-order valence-corrected chi connectivity index (χ1v) is 10.8. The molecule has 0 unspecified atom stereocenters. The van der Waals surface area contributed by atoms with Crippen molar-refractivity contribution in [3.63, 3.8) is 0 Å². The smallest absolute Gasteiger partial charge is 0.155 e. The molecule has 32 heavy (non-hydrogen) atoms. The summed E-state index contributed by atoms with van der Waals surface area (Å²) in [5.41, 5.74) is 6.46. The molecule has 1 fully saturated rings. The zero-order valence-electron chi connectivity index (χ0n) is 18.0. The zero-order chi connectivity index (χ0) is 22.1. The highest BCUT2D eigenvalue weighted by molar-refractivity contribution is 5.79. The normalized spacial score (nSPS) is 14.7. The van der Waals surface area contributed by atoms with E-state index in [0.717, 1.165) is 60.1 Å². The number of rotatable bonds is 5. The van der Waals surface area contributed by atoms with Crippen LogP contribution in [0.25, 0.3) is 28.3 Å². The summed E-state index contributed by atoms with van der Waals surface area (Å²) in [6.45, 7) is 5.78. The molecule has 5 rings (SSSR count). The Morgan fingerprint density at radius 2 is 1.97 bits per heavy atom. The van der Waals surface area contributed by atoms with Gasteiger partial charge in [-0.05, 0) is 38.8 Å². The molecule has 0 atom stereocenters. The summed E-state index contributed by atoms with van der Waals surface area (Å²) in [5, 5.41) is 24.8. The Bertz CT molecular complexity index is 1290. The van der Waals surface area contributed by atoms with Crippen LogP contribution < -0.4 is 5.32 Å². The van der Waals surface area contributed by atoms with Crippen molar-refractivity contribution < 1.29 is 4.74 Å². The maximum Gasteiger partial charge on any atom is 0.155 e. The lowest BCUT2D eigenvalue weighted by Gasteiger charge is -2.20. The number of nitriles is 1. The Morgan fingerprint density at radius 1 is 1.12 bits per heavy atom. The summed E-state index contributed by atoms with van der Waals surface area (Å²) in [5.74, 6) is 0.446. The first kappa shape index (κ1) is 20.2. The molecule has 0 radical (unpaired) electrons. The van der Waals surface area contributed by atoms with Gasteiger partial charge in [-0.2, -0.15) is 15.5 Å². The number of hydrogen-bond acceptors (Lipinski definition) is 7. The van der Waals surface area contributed by atoms with Gasteiger partial charge in [-0.3, -0.25) is 10.1 Å². The number of nitrogens with one attached hydrogen (secondary N) is 2. The molecule has 0 aromatic carbocycles. The van der Waals surface area contributed by atoms with Crippen molar-refractivity contribution in [2.24, 2.45) is 0 Å². The second-order valence-electron chi connectivity index (χ2n) is 8.28. The Balaban J connectivity index is 1.53. The lowest BCUT2D eigenvalue weighted by atomic mass is 9.96. The number of H-pyrrole nitrogens is 1. The van der Waals surface area contributed by atoms with E-state index >= 15 is 0 Å². The van der Waals surface area contributed by atoms with E-state index in [-0.39, 0.29) is 6.04 Å². The second-order valence-corrected chi connectivity index (χ2v) is 8.28. The minimum Gasteiger partial charge on any atom is -0.382 e. The van der Waals surface area contributed by atoms with E-state index in [0.29, 0.717) is 17.1 Å². The molecule has 1 aliphatic rings. The van der Waals surface area contributed by atoms with Gasteiger partial charge >= 0.3 is 0 Å². The molecule has 162 valence electrons. The molecule has 2 N–H and O–H groups in total. The molecule has 5 heterocycles. The van der Waals surface area contributed by atoms with Crippen LogP contribution in [0, 0.1) is 11.3 Å². The first-order chi connectivity index (χ1) is 15.6. The number of aromatic nitrogens is 6. The minimum absolute atomic E-state index is 0.233. The predicted octanol–water partition coefficient (Wildman–Crippen LogP) is 3.77. The van der Waals surface area contributed by atoms with Crippen LogP contribution in [0.4, 0.5) is 5.69 Å². The van der Waals surface area contributed by atoms with Crippen LogP contribution in [0.5, 0.6) is 0 Å². The van der Waals surface area contributed by atoms with Crippen LogP contribution in [0.15, 0.2) is 36.8 Å². The van der Waals surface area contributed by atoms with Crippen LogP contribution >= 0.6 is 0 Å². The van der Waals surface area contributed by atoms with Crippen molar-refractivity contribution in [1.82, 2.24) is 29.8 Å². The van der Waals surface area contributed by atoms with E-state index in [9.17, 15) is 0 Å². The first-order valence-electron chi connectivity index (χ1n) is 10.8. The maximum atomic E-state index is 9.10. The van der Waals surface area contributed by atoms with Crippen molar-refractivity contribution in [3.05, 3.63) is 48.0 Å². The molecule has 0 aliphatic carbocycles. The van der Waals surface area contributed by atoms with Crippen molar-refractivity contribution in [2.45, 2.75) is 38.6 Å². The minimum atomic E-state index is 0.233. The molecular weight excluding hydrogens is 404 g/mol. The third-order valence-corrected chi connectivity index (χ3v) is 5.64. The van der Waals surface area contributed by atoms with Crippen molar-refractivity contribution >= 4 is 11.3 Å². The highest BCUT2D eigenvalue weighted by Crippen LogP contribution is 2.33. The van der Waals surface area contributed by atoms with Gasteiger partial charge in [-0.1, -0.05) is 0 Å². The van der Waals surface area contributed by atoms with E-state index < -0.39 is 0 Å². The van der Waals surface area contributed by atoms with Gasteiger partial charge in [0.05, 0.1) is 29.3 Å². The molecule has 0 bridgehead atoms. The Hall–Kier alpha value is -3.77. The second kappa shape index (κ2) is 8.40. The number of hydrogen-bond donors (Lipinski definition) is 2. The van der Waals surface area contributed by atoms with Crippen LogP contribution in [-0.2, 0) is 4.74 Å². The molecule has 0 spiro atoms. The average molecular weight is 429 g/mol. The summed E-state index contributed by atoms with van der Waals surface area (Å²) in [7, 11) is 0. The molecule has 9 nitrogen and oxygen atoms in total. The van der Waals surface area contributed by atoms with Gasteiger partial charge in [0, 0.05) is 54.4 Å². The largest absolute Gasteiger partial charge is 0.382 e. The number of aromatic amines is 1. The van der Waals surface area contributed by atoms with Gasteiger partial charge in [0.25, 0.3) is 0 Å². The van der Waals surface area contributed by atoms with Gasteiger partial charge < -0.3 is 10.1 Å². The van der Waals surface area contributed by atoms with Crippen LogP contribution in [0.1, 0.15) is 43.9 Å². The third-order valence-electron chi connectivity index (χ3n) is 5.64. The molecule has 0 amide bonds. The standard InChI is InChI=1S/C23H24N8O/c1-14(2)28-19-9-21(22-13-26-23-7-15(10-24)11-27-31(22)23)25-12-17(19)20-8-18(29-30-20)16-3-5-32-6-4-16/h7-9,11-14,16H,3-6H2,1-2H3,(H,25,28)(H,29,30). The molecule has 0 saturated carbocycles. The van der Waals surface area contributed by atoms with E-state index in [1.54, 1.807) is 16.8 Å². The van der Waals surface area contributed by atoms with E-state index in [4.69, 9.17) is 15.0 Å². The maximum absolute atomic E-state index is 9.10. The number of anilines is 1. The van der Waals surface area contributed by atoms with Crippen molar-refractivity contribution in [3.8, 4) is 28.7 Å². The number of imidazole rings is 1. The summed E-state index contributed by atoms with van der Waals surface area (Å²) < 4.78 is 7.18. The molecule has 1 saturated heterocycles. The highest BCUT2D eigenvalue weighted by Gasteiger charge is 2.20. The topological polar surface area (TPSA) is 117 Å². The van der Waals surface area contributed by atoms with Gasteiger partial charge in [0.2, 0.25) is 0 Å². The molecule has 9 heteroatoms. The van der Waals surface area contributed by atoms with Crippen LogP contribution in [0.2, 0.25) is 0 Å². The van der Waals surface area contributed by atoms with Gasteiger partial charge in [-0.15, -0.1) is 0 Å². The summed E-state index contributed by atoms with van der Waals surface area (Å²) >= 11 is 0. The number of pyridine rings is 1. The van der Waals surface area contributed by atoms with Gasteiger partial charge in [0.1, 0.15) is 11.8 Å². The molecule has 1 aliphatic heterocycles. The average Bonchev–Trinajstić information content (AvgIpc) is 3.46. The monoisotopic (exact) mass is 428 g/mol. The zero-order valence-corrected chi connectivity index (χ0v) is 18.0. The van der Waals surface area contributed by atoms with E-state index in [2.05, 4.69) is 51.6 Å². The van der Waals surface area contributed by atoms with E-state index in [1.807, 2.05) is 12.3 Å². The summed E-state index contributed by atoms with van der Waals surface area (Å²) in [6, 6.07) is 8.16. The third kappa shape index (κ3) is 3.81. The summed E-state index contributed by atoms with van der Waals surface area (Å²) in [4.78, 5) is 9.09. The van der Waals surface area contributed by atoms with E-state index in [1.165, 1.54) is 6.20 Å². The highest BCUT2D eigenvalue weighted by atomic mass is 16.5. The molecule has 4 aromatic heterocycles. The fraction of sp³-hybridized carbons (Fsp3) is 0.348. The van der Waals surface area contributed by atoms with Gasteiger partial charge in [0.15, 0.2) is 5.65 Å². The Kier molecular flexibility index (Phi) is 5.29. The lowest BCUT2D eigenvalue weighted by Crippen LogP contribution is -2.14. The summed E-state index contributed by atoms with van der Waals surface area (Å²) in [6.07, 6.45) is 7.10. The number of nitrogens with zero attached hydrogens (tertiary/aromatic N) is 6. The Labute approximate surface area is 185 Å². The Morgan fingerprint density at radius 3 is 2.75 bits per heavy atom. The van der Waals surface area contributed by atoms with Gasteiger partial charge in [-0.25, -0.2) is 9.50 Å². The SMILES string of the molecule is CC(C)Nc1cc(-c2cnc3cc(C#N)cnn23)ncc1-c1cc(C2CCOCC2)[nH]n1. The number of fused-ring (bicyclic) bond motifs is 1. The molecule has 4 aromatic rings. The van der Waals surface area contributed by atoms with Crippen LogP contribution in [-0.4, -0.2) is 49.0 Å². The van der Waals surface area contributed by atoms with Crippen molar-refractivity contribution in [2.75, 3.05) is 18.5 Å². The fourth-order valence-electron chi connectivity index (χ4n) is 4.03. The predicted molar refractivity (Wildman–Crippen MR) is 120 cm³/mol. The van der Waals surface area contributed by atoms with Crippen molar-refractivity contribution in [1.29, 1.82) is 5.26 Å². The number of ether oxygens (including phenoxy) is 1. The lowest BCUT2D eigenvalue weighted by molar-refractivity contribution is 0.0845. The fourth-order valence-corrected chi connectivity index (χ4v) is 4.03. The van der Waals surface area contributed by atoms with Crippen LogP contribution in [0.3, 0.4) is 0 Å².